The lowest BCUT2D eigenvalue weighted by molar-refractivity contribution is 0.271. The summed E-state index contributed by atoms with van der Waals surface area (Å²) in [4.78, 5) is 0. The highest BCUT2D eigenvalue weighted by Gasteiger charge is 2.10. The van der Waals surface area contributed by atoms with Gasteiger partial charge in [-0.2, -0.15) is 0 Å². The molecule has 0 saturated heterocycles. The fourth-order valence-electron chi connectivity index (χ4n) is 1.82. The minimum Gasteiger partial charge on any atom is -0.396 e. The third-order valence-electron chi connectivity index (χ3n) is 2.73. The first kappa shape index (κ1) is 12.2. The smallest absolute Gasteiger partial charge is 0.123 e. The van der Waals surface area contributed by atoms with E-state index in [1.807, 2.05) is 12.1 Å². The Labute approximate surface area is 90.9 Å². The summed E-state index contributed by atoms with van der Waals surface area (Å²) in [6.07, 6.45) is 4.15. The maximum Gasteiger partial charge on any atom is 0.123 e. The molecule has 0 aliphatic rings. The van der Waals surface area contributed by atoms with Gasteiger partial charge in [0.1, 0.15) is 5.82 Å². The molecule has 0 amide bonds. The molecule has 1 rings (SSSR count). The average molecular weight is 210 g/mol. The molecule has 1 aromatic carbocycles. The van der Waals surface area contributed by atoms with E-state index in [0.717, 1.165) is 31.2 Å². The van der Waals surface area contributed by atoms with Crippen molar-refractivity contribution in [1.29, 1.82) is 0 Å². The minimum absolute atomic E-state index is 0.197. The third-order valence-corrected chi connectivity index (χ3v) is 2.73. The summed E-state index contributed by atoms with van der Waals surface area (Å²) in [5.74, 6) is 0.174. The van der Waals surface area contributed by atoms with Crippen molar-refractivity contribution < 1.29 is 9.50 Å². The Morgan fingerprint density at radius 3 is 2.40 bits per heavy atom. The Bertz CT molecular complexity index is 268. The van der Waals surface area contributed by atoms with Crippen LogP contribution in [0.5, 0.6) is 0 Å². The molecule has 0 radical (unpaired) electrons. The van der Waals surface area contributed by atoms with E-state index in [2.05, 4.69) is 6.92 Å². The number of unbranched alkanes of at least 4 members (excludes halogenated alkanes) is 1. The van der Waals surface area contributed by atoms with Crippen LogP contribution in [0.4, 0.5) is 4.39 Å². The number of aliphatic hydroxyl groups is 1. The van der Waals surface area contributed by atoms with Crippen LogP contribution in [0.2, 0.25) is 0 Å². The molecular formula is C13H19FO. The van der Waals surface area contributed by atoms with E-state index in [4.69, 9.17) is 5.11 Å². The lowest BCUT2D eigenvalue weighted by atomic mass is 9.91. The molecule has 0 heterocycles. The van der Waals surface area contributed by atoms with Gasteiger partial charge in [0, 0.05) is 6.61 Å². The van der Waals surface area contributed by atoms with Gasteiger partial charge in [-0.05, 0) is 36.5 Å². The van der Waals surface area contributed by atoms with Gasteiger partial charge in [0.15, 0.2) is 0 Å². The number of rotatable bonds is 6. The van der Waals surface area contributed by atoms with Gasteiger partial charge in [-0.15, -0.1) is 0 Å². The highest BCUT2D eigenvalue weighted by molar-refractivity contribution is 5.20. The summed E-state index contributed by atoms with van der Waals surface area (Å²) in [6.45, 7) is 2.35. The Hall–Kier alpha value is -0.890. The summed E-state index contributed by atoms with van der Waals surface area (Å²) < 4.78 is 12.7. The first-order chi connectivity index (χ1) is 7.27. The zero-order valence-corrected chi connectivity index (χ0v) is 9.25. The molecular weight excluding hydrogens is 191 g/mol. The van der Waals surface area contributed by atoms with Crippen LogP contribution in [0.25, 0.3) is 0 Å². The molecule has 0 unspecified atom stereocenters. The molecule has 1 atom stereocenters. The van der Waals surface area contributed by atoms with Gasteiger partial charge in [-0.1, -0.05) is 31.9 Å². The van der Waals surface area contributed by atoms with Gasteiger partial charge >= 0.3 is 0 Å². The Morgan fingerprint density at radius 2 is 1.87 bits per heavy atom. The standard InChI is InChI=1S/C13H19FO/c1-2-3-4-11(9-10-15)12-5-7-13(14)8-6-12/h5-8,11,15H,2-4,9-10H2,1H3/t11-/m1/s1. The fraction of sp³-hybridized carbons (Fsp3) is 0.538. The average Bonchev–Trinajstić information content (AvgIpc) is 2.25. The minimum atomic E-state index is -0.197. The van der Waals surface area contributed by atoms with E-state index in [9.17, 15) is 4.39 Å². The van der Waals surface area contributed by atoms with Crippen molar-refractivity contribution in [1.82, 2.24) is 0 Å². The second-order valence-corrected chi connectivity index (χ2v) is 3.90. The molecule has 1 aromatic rings. The van der Waals surface area contributed by atoms with Gasteiger partial charge in [0.05, 0.1) is 0 Å². The molecule has 0 fully saturated rings. The molecule has 84 valence electrons. The molecule has 0 saturated carbocycles. The molecule has 1 nitrogen and oxygen atoms in total. The third kappa shape index (κ3) is 4.00. The van der Waals surface area contributed by atoms with Crippen LogP contribution in [-0.2, 0) is 0 Å². The van der Waals surface area contributed by atoms with Gasteiger partial charge in [-0.25, -0.2) is 4.39 Å². The number of aliphatic hydroxyl groups excluding tert-OH is 1. The molecule has 0 aromatic heterocycles. The molecule has 1 N–H and O–H groups in total. The van der Waals surface area contributed by atoms with Gasteiger partial charge < -0.3 is 5.11 Å². The summed E-state index contributed by atoms with van der Waals surface area (Å²) >= 11 is 0. The van der Waals surface area contributed by atoms with Crippen molar-refractivity contribution in [3.05, 3.63) is 35.6 Å². The number of hydrogen-bond acceptors (Lipinski definition) is 1. The van der Waals surface area contributed by atoms with Gasteiger partial charge in [0.2, 0.25) is 0 Å². The van der Waals surface area contributed by atoms with Crippen molar-refractivity contribution in [2.24, 2.45) is 0 Å². The number of benzene rings is 1. The zero-order valence-electron chi connectivity index (χ0n) is 9.25. The fourth-order valence-corrected chi connectivity index (χ4v) is 1.82. The van der Waals surface area contributed by atoms with Crippen molar-refractivity contribution in [2.75, 3.05) is 6.61 Å². The maximum absolute atomic E-state index is 12.7. The lowest BCUT2D eigenvalue weighted by Crippen LogP contribution is -2.01. The maximum atomic E-state index is 12.7. The monoisotopic (exact) mass is 210 g/mol. The Balaban J connectivity index is 2.65. The summed E-state index contributed by atoms with van der Waals surface area (Å²) in [7, 11) is 0. The van der Waals surface area contributed by atoms with Crippen LogP contribution in [-0.4, -0.2) is 11.7 Å². The van der Waals surface area contributed by atoms with Crippen molar-refractivity contribution in [3.63, 3.8) is 0 Å². The van der Waals surface area contributed by atoms with Gasteiger partial charge in [-0.3, -0.25) is 0 Å². The van der Waals surface area contributed by atoms with Crippen LogP contribution >= 0.6 is 0 Å². The van der Waals surface area contributed by atoms with E-state index in [-0.39, 0.29) is 12.4 Å². The predicted molar refractivity (Wildman–Crippen MR) is 60.4 cm³/mol. The lowest BCUT2D eigenvalue weighted by Gasteiger charge is -2.15. The Morgan fingerprint density at radius 1 is 1.20 bits per heavy atom. The van der Waals surface area contributed by atoms with Crippen LogP contribution in [0.3, 0.4) is 0 Å². The normalized spacial score (nSPS) is 12.7. The zero-order chi connectivity index (χ0) is 11.1. The first-order valence-corrected chi connectivity index (χ1v) is 5.64. The van der Waals surface area contributed by atoms with E-state index in [1.54, 1.807) is 0 Å². The van der Waals surface area contributed by atoms with Crippen LogP contribution in [0.1, 0.15) is 44.1 Å². The van der Waals surface area contributed by atoms with E-state index < -0.39 is 0 Å². The highest BCUT2D eigenvalue weighted by atomic mass is 19.1. The molecule has 0 aliphatic heterocycles. The van der Waals surface area contributed by atoms with Crippen LogP contribution in [0, 0.1) is 5.82 Å². The van der Waals surface area contributed by atoms with Crippen molar-refractivity contribution in [2.45, 2.75) is 38.5 Å². The molecule has 0 bridgehead atoms. The van der Waals surface area contributed by atoms with E-state index in [1.165, 1.54) is 12.1 Å². The quantitative estimate of drug-likeness (QED) is 0.762. The van der Waals surface area contributed by atoms with Crippen LogP contribution < -0.4 is 0 Å². The first-order valence-electron chi connectivity index (χ1n) is 5.64. The number of halogens is 1. The molecule has 15 heavy (non-hydrogen) atoms. The highest BCUT2D eigenvalue weighted by Crippen LogP contribution is 2.25. The SMILES string of the molecule is CCCC[C@H](CCO)c1ccc(F)cc1. The topological polar surface area (TPSA) is 20.2 Å². The molecule has 0 spiro atoms. The number of hydrogen-bond donors (Lipinski definition) is 1. The van der Waals surface area contributed by atoms with E-state index in [0.29, 0.717) is 5.92 Å². The second-order valence-electron chi connectivity index (χ2n) is 3.90. The van der Waals surface area contributed by atoms with E-state index >= 15 is 0 Å². The molecule has 0 aliphatic carbocycles. The van der Waals surface area contributed by atoms with Crippen molar-refractivity contribution >= 4 is 0 Å². The largest absolute Gasteiger partial charge is 0.396 e. The van der Waals surface area contributed by atoms with Gasteiger partial charge in [0.25, 0.3) is 0 Å². The van der Waals surface area contributed by atoms with Crippen molar-refractivity contribution in [3.8, 4) is 0 Å². The summed E-state index contributed by atoms with van der Waals surface area (Å²) in [6, 6.07) is 6.63. The summed E-state index contributed by atoms with van der Waals surface area (Å²) in [5.41, 5.74) is 1.14. The van der Waals surface area contributed by atoms with Crippen LogP contribution in [0.15, 0.2) is 24.3 Å². The second kappa shape index (κ2) is 6.57. The predicted octanol–water partition coefficient (Wildman–Crippen LogP) is 3.48. The molecule has 2 heteroatoms. The summed E-state index contributed by atoms with van der Waals surface area (Å²) in [5, 5.41) is 8.98. The Kier molecular flexibility index (Phi) is 5.33.